The first kappa shape index (κ1) is 25.2. The summed E-state index contributed by atoms with van der Waals surface area (Å²) in [5.41, 5.74) is 2.12. The van der Waals surface area contributed by atoms with Crippen molar-refractivity contribution in [2.24, 2.45) is 0 Å². The summed E-state index contributed by atoms with van der Waals surface area (Å²) in [6, 6.07) is 13.5. The Bertz CT molecular complexity index is 1470. The van der Waals surface area contributed by atoms with Crippen LogP contribution in [0.3, 0.4) is 0 Å². The molecule has 2 amide bonds. The van der Waals surface area contributed by atoms with Gasteiger partial charge >= 0.3 is 0 Å². The number of pyridine rings is 1. The molecule has 3 heterocycles. The molecular formula is C26H24ClFN4O4S. The van der Waals surface area contributed by atoms with Crippen molar-refractivity contribution >= 4 is 44.8 Å². The van der Waals surface area contributed by atoms with Gasteiger partial charge in [0.05, 0.1) is 28.6 Å². The molecule has 8 nitrogen and oxygen atoms in total. The molecule has 1 saturated heterocycles. The van der Waals surface area contributed by atoms with Crippen molar-refractivity contribution in [3.05, 3.63) is 88.5 Å². The smallest absolute Gasteiger partial charge is 0.251 e. The van der Waals surface area contributed by atoms with Crippen molar-refractivity contribution < 1.29 is 22.4 Å². The monoisotopic (exact) mass is 542 g/mol. The molecule has 11 heteroatoms. The number of rotatable bonds is 5. The largest absolute Gasteiger partial charge is 0.322 e. The van der Waals surface area contributed by atoms with Crippen LogP contribution in [0.5, 0.6) is 0 Å². The molecule has 1 fully saturated rings. The van der Waals surface area contributed by atoms with Crippen LogP contribution < -0.4 is 9.62 Å². The Labute approximate surface area is 219 Å². The maximum absolute atomic E-state index is 15.0. The number of sulfonamides is 1. The van der Waals surface area contributed by atoms with Gasteiger partial charge in [-0.15, -0.1) is 0 Å². The fraction of sp³-hybridized carbons (Fsp3) is 0.269. The van der Waals surface area contributed by atoms with E-state index in [2.05, 4.69) is 10.3 Å². The third kappa shape index (κ3) is 5.17. The highest BCUT2D eigenvalue weighted by Gasteiger charge is 2.38. The molecule has 37 heavy (non-hydrogen) atoms. The predicted molar refractivity (Wildman–Crippen MR) is 138 cm³/mol. The Kier molecular flexibility index (Phi) is 6.87. The molecule has 1 unspecified atom stereocenters. The van der Waals surface area contributed by atoms with Crippen LogP contribution in [0, 0.1) is 5.82 Å². The van der Waals surface area contributed by atoms with E-state index in [1.54, 1.807) is 24.3 Å². The van der Waals surface area contributed by atoms with Gasteiger partial charge in [-0.1, -0.05) is 35.9 Å². The minimum Gasteiger partial charge on any atom is -0.322 e. The first-order valence-corrected chi connectivity index (χ1v) is 13.8. The second kappa shape index (κ2) is 10.1. The summed E-state index contributed by atoms with van der Waals surface area (Å²) in [7, 11) is -3.50. The van der Waals surface area contributed by atoms with Crippen LogP contribution in [-0.2, 0) is 32.6 Å². The third-order valence-corrected chi connectivity index (χ3v) is 8.63. The fourth-order valence-corrected chi connectivity index (χ4v) is 6.45. The third-order valence-electron chi connectivity index (χ3n) is 6.54. The standard InChI is InChI=1S/C26H24ClFN4O4S/c27-18-7-8-19(29-15-18)13-24(33)31-16-17-5-1-2-6-21(17)25(31)26(34)30-23-10-9-20(14-22(23)28)32-11-3-4-12-37(32,35)36/h1-2,5-10,14-15,25H,3-4,11-13,16H2,(H,30,34). The van der Waals surface area contributed by atoms with E-state index in [9.17, 15) is 18.0 Å². The van der Waals surface area contributed by atoms with Gasteiger partial charge in [0.1, 0.15) is 11.9 Å². The maximum Gasteiger partial charge on any atom is 0.251 e. The van der Waals surface area contributed by atoms with Gasteiger partial charge in [-0.25, -0.2) is 12.8 Å². The minimum atomic E-state index is -3.50. The van der Waals surface area contributed by atoms with Crippen LogP contribution in [0.1, 0.15) is 35.7 Å². The van der Waals surface area contributed by atoms with Crippen molar-refractivity contribution in [1.29, 1.82) is 0 Å². The number of amides is 2. The second-order valence-corrected chi connectivity index (χ2v) is 11.5. The van der Waals surface area contributed by atoms with E-state index in [-0.39, 0.29) is 42.5 Å². The molecule has 3 aromatic rings. The highest BCUT2D eigenvalue weighted by atomic mass is 35.5. The van der Waals surface area contributed by atoms with Gasteiger partial charge in [0.25, 0.3) is 5.91 Å². The summed E-state index contributed by atoms with van der Waals surface area (Å²) < 4.78 is 41.0. The molecular weight excluding hydrogens is 519 g/mol. The zero-order valence-electron chi connectivity index (χ0n) is 19.7. The first-order valence-electron chi connectivity index (χ1n) is 11.8. The Morgan fingerprint density at radius 2 is 1.92 bits per heavy atom. The van der Waals surface area contributed by atoms with Crippen molar-refractivity contribution in [2.75, 3.05) is 21.9 Å². The second-order valence-electron chi connectivity index (χ2n) is 9.02. The van der Waals surface area contributed by atoms with Gasteiger partial charge in [0.2, 0.25) is 15.9 Å². The van der Waals surface area contributed by atoms with E-state index in [1.165, 1.54) is 27.5 Å². The summed E-state index contributed by atoms with van der Waals surface area (Å²) >= 11 is 5.88. The van der Waals surface area contributed by atoms with E-state index in [1.807, 2.05) is 12.1 Å². The molecule has 1 aromatic heterocycles. The van der Waals surface area contributed by atoms with Gasteiger partial charge in [0, 0.05) is 31.0 Å². The van der Waals surface area contributed by atoms with Gasteiger partial charge in [-0.05, 0) is 48.2 Å². The highest BCUT2D eigenvalue weighted by Crippen LogP contribution is 2.36. The molecule has 5 rings (SSSR count). The van der Waals surface area contributed by atoms with Crippen LogP contribution in [0.4, 0.5) is 15.8 Å². The van der Waals surface area contributed by atoms with Crippen LogP contribution in [-0.4, -0.2) is 42.4 Å². The zero-order chi connectivity index (χ0) is 26.2. The average molecular weight is 543 g/mol. The molecule has 0 spiro atoms. The zero-order valence-corrected chi connectivity index (χ0v) is 21.3. The molecule has 0 aliphatic carbocycles. The Morgan fingerprint density at radius 1 is 1.11 bits per heavy atom. The molecule has 192 valence electrons. The normalized spacial score (nSPS) is 18.4. The molecule has 2 aromatic carbocycles. The Hall–Kier alpha value is -3.50. The van der Waals surface area contributed by atoms with Crippen LogP contribution in [0.25, 0.3) is 0 Å². The molecule has 2 aliphatic rings. The number of fused-ring (bicyclic) bond motifs is 1. The van der Waals surface area contributed by atoms with E-state index in [0.29, 0.717) is 29.1 Å². The number of benzene rings is 2. The van der Waals surface area contributed by atoms with Crippen molar-refractivity contribution in [2.45, 2.75) is 31.8 Å². The maximum atomic E-state index is 15.0. The fourth-order valence-electron chi connectivity index (χ4n) is 4.71. The van der Waals surface area contributed by atoms with E-state index < -0.39 is 27.8 Å². The van der Waals surface area contributed by atoms with Gasteiger partial charge < -0.3 is 10.2 Å². The SMILES string of the molecule is O=C(Nc1ccc(N2CCCCS2(=O)=O)cc1F)C1c2ccccc2CN1C(=O)Cc1ccc(Cl)cn1. The van der Waals surface area contributed by atoms with E-state index >= 15 is 4.39 Å². The van der Waals surface area contributed by atoms with Crippen molar-refractivity contribution in [3.8, 4) is 0 Å². The van der Waals surface area contributed by atoms with Gasteiger partial charge in [0.15, 0.2) is 0 Å². The lowest BCUT2D eigenvalue weighted by Gasteiger charge is -2.28. The number of carbonyl (C=O) groups is 2. The lowest BCUT2D eigenvalue weighted by atomic mass is 10.0. The lowest BCUT2D eigenvalue weighted by Crippen LogP contribution is -2.38. The Morgan fingerprint density at radius 3 is 2.65 bits per heavy atom. The summed E-state index contributed by atoms with van der Waals surface area (Å²) in [6.07, 6.45) is 2.69. The van der Waals surface area contributed by atoms with E-state index in [4.69, 9.17) is 11.6 Å². The minimum absolute atomic E-state index is 0.0175. The van der Waals surface area contributed by atoms with Crippen molar-refractivity contribution in [1.82, 2.24) is 9.88 Å². The number of hydrogen-bond acceptors (Lipinski definition) is 5. The summed E-state index contributed by atoms with van der Waals surface area (Å²) in [6.45, 7) is 0.515. The van der Waals surface area contributed by atoms with E-state index in [0.717, 1.165) is 11.6 Å². The molecule has 1 N–H and O–H groups in total. The molecule has 0 saturated carbocycles. The van der Waals surface area contributed by atoms with Crippen molar-refractivity contribution in [3.63, 3.8) is 0 Å². The van der Waals surface area contributed by atoms with Crippen LogP contribution in [0.15, 0.2) is 60.8 Å². The number of halogens is 2. The topological polar surface area (TPSA) is 99.7 Å². The predicted octanol–water partition coefficient (Wildman–Crippen LogP) is 4.07. The number of carbonyl (C=O) groups excluding carboxylic acids is 2. The van der Waals surface area contributed by atoms with Crippen LogP contribution >= 0.6 is 11.6 Å². The Balaban J connectivity index is 1.38. The number of anilines is 2. The van der Waals surface area contributed by atoms with Crippen LogP contribution in [0.2, 0.25) is 5.02 Å². The average Bonchev–Trinajstić information content (AvgIpc) is 3.26. The van der Waals surface area contributed by atoms with Gasteiger partial charge in [-0.3, -0.25) is 18.9 Å². The molecule has 1 atom stereocenters. The molecule has 0 bridgehead atoms. The summed E-state index contributed by atoms with van der Waals surface area (Å²) in [5, 5.41) is 3.04. The highest BCUT2D eigenvalue weighted by molar-refractivity contribution is 7.92. The summed E-state index contributed by atoms with van der Waals surface area (Å²) in [5.74, 6) is -1.62. The number of nitrogens with zero attached hydrogens (tertiary/aromatic N) is 3. The first-order chi connectivity index (χ1) is 17.7. The number of hydrogen-bond donors (Lipinski definition) is 1. The summed E-state index contributed by atoms with van der Waals surface area (Å²) in [4.78, 5) is 32.3. The number of nitrogens with one attached hydrogen (secondary N) is 1. The molecule has 2 aliphatic heterocycles. The molecule has 0 radical (unpaired) electrons. The quantitative estimate of drug-likeness (QED) is 0.524. The lowest BCUT2D eigenvalue weighted by molar-refractivity contribution is -0.138. The number of aromatic nitrogens is 1. The van der Waals surface area contributed by atoms with Gasteiger partial charge in [-0.2, -0.15) is 0 Å².